The Kier molecular flexibility index (Phi) is 3.84. The van der Waals surface area contributed by atoms with Gasteiger partial charge in [-0.2, -0.15) is 0 Å². The van der Waals surface area contributed by atoms with Crippen LogP contribution in [0.1, 0.15) is 0 Å². The van der Waals surface area contributed by atoms with Crippen LogP contribution >= 0.6 is 15.9 Å². The predicted octanol–water partition coefficient (Wildman–Crippen LogP) is 3.07. The van der Waals surface area contributed by atoms with Crippen LogP contribution in [0.2, 0.25) is 0 Å². The number of hydrogen-bond donors (Lipinski definition) is 0. The van der Waals surface area contributed by atoms with Crippen LogP contribution in [0.15, 0.2) is 30.5 Å². The van der Waals surface area contributed by atoms with E-state index in [4.69, 9.17) is 4.74 Å². The van der Waals surface area contributed by atoms with Crippen LogP contribution in [0.4, 0.5) is 5.82 Å². The second-order valence-corrected chi connectivity index (χ2v) is 4.59. The Balaban J connectivity index is 2.57. The number of anilines is 1. The van der Waals surface area contributed by atoms with E-state index in [0.29, 0.717) is 0 Å². The number of ether oxygens (including phenoxy) is 1. The zero-order valence-corrected chi connectivity index (χ0v) is 11.6. The molecule has 0 unspecified atom stereocenters. The predicted molar refractivity (Wildman–Crippen MR) is 75.4 cm³/mol. The fraction of sp³-hybridized carbons (Fsp3) is 0.308. The van der Waals surface area contributed by atoms with E-state index in [2.05, 4.69) is 31.9 Å². The van der Waals surface area contributed by atoms with Crippen molar-refractivity contribution in [3.8, 4) is 5.75 Å². The van der Waals surface area contributed by atoms with Crippen LogP contribution in [0, 0.1) is 0 Å². The van der Waals surface area contributed by atoms with Crippen molar-refractivity contribution in [3.63, 3.8) is 0 Å². The molecule has 0 aliphatic rings. The summed E-state index contributed by atoms with van der Waals surface area (Å²) < 4.78 is 5.37. The van der Waals surface area contributed by atoms with Gasteiger partial charge in [-0.1, -0.05) is 28.1 Å². The van der Waals surface area contributed by atoms with E-state index in [1.165, 1.54) is 0 Å². The number of benzene rings is 1. The number of alkyl halides is 1. The zero-order valence-electron chi connectivity index (χ0n) is 9.98. The number of rotatable bonds is 4. The van der Waals surface area contributed by atoms with Gasteiger partial charge in [0.05, 0.1) is 7.11 Å². The summed E-state index contributed by atoms with van der Waals surface area (Å²) in [6.45, 7) is 0.920. The van der Waals surface area contributed by atoms with Gasteiger partial charge in [-0.15, -0.1) is 0 Å². The zero-order chi connectivity index (χ0) is 12.3. The SMILES string of the molecule is COc1cccc2c(N(C)CCBr)nccc12. The summed E-state index contributed by atoms with van der Waals surface area (Å²) in [6, 6.07) is 8.02. The number of halogens is 1. The molecule has 17 heavy (non-hydrogen) atoms. The van der Waals surface area contributed by atoms with E-state index in [1.54, 1.807) is 7.11 Å². The highest BCUT2D eigenvalue weighted by atomic mass is 79.9. The van der Waals surface area contributed by atoms with E-state index in [1.807, 2.05) is 31.4 Å². The number of aromatic nitrogens is 1. The minimum atomic E-state index is 0.887. The van der Waals surface area contributed by atoms with E-state index >= 15 is 0 Å². The average Bonchev–Trinajstić information content (AvgIpc) is 2.37. The van der Waals surface area contributed by atoms with Gasteiger partial charge in [-0.3, -0.25) is 0 Å². The summed E-state index contributed by atoms with van der Waals surface area (Å²) in [5.41, 5.74) is 0. The van der Waals surface area contributed by atoms with Crippen molar-refractivity contribution in [2.75, 3.05) is 30.9 Å². The second kappa shape index (κ2) is 5.36. The third-order valence-electron chi connectivity index (χ3n) is 2.75. The maximum Gasteiger partial charge on any atom is 0.136 e. The molecular weight excluding hydrogens is 280 g/mol. The van der Waals surface area contributed by atoms with E-state index in [9.17, 15) is 0 Å². The summed E-state index contributed by atoms with van der Waals surface area (Å²) in [5, 5.41) is 3.14. The van der Waals surface area contributed by atoms with Crippen LogP contribution in [0.5, 0.6) is 5.75 Å². The summed E-state index contributed by atoms with van der Waals surface area (Å²) in [4.78, 5) is 6.59. The summed E-state index contributed by atoms with van der Waals surface area (Å²) >= 11 is 3.45. The first-order chi connectivity index (χ1) is 8.27. The van der Waals surface area contributed by atoms with Crippen molar-refractivity contribution < 1.29 is 4.74 Å². The van der Waals surface area contributed by atoms with Crippen LogP contribution in [0.3, 0.4) is 0 Å². The van der Waals surface area contributed by atoms with Crippen molar-refractivity contribution in [2.45, 2.75) is 0 Å². The molecule has 0 atom stereocenters. The van der Waals surface area contributed by atoms with Crippen LogP contribution in [-0.4, -0.2) is 31.0 Å². The van der Waals surface area contributed by atoms with Crippen LogP contribution in [0.25, 0.3) is 10.8 Å². The molecule has 2 aromatic rings. The number of pyridine rings is 1. The topological polar surface area (TPSA) is 25.4 Å². The van der Waals surface area contributed by atoms with Crippen molar-refractivity contribution in [2.24, 2.45) is 0 Å². The molecular formula is C13H15BrN2O. The summed E-state index contributed by atoms with van der Waals surface area (Å²) in [7, 11) is 3.74. The third kappa shape index (κ3) is 2.36. The number of methoxy groups -OCH3 is 1. The van der Waals surface area contributed by atoms with E-state index in [0.717, 1.165) is 34.2 Å². The molecule has 0 N–H and O–H groups in total. The number of fused-ring (bicyclic) bond motifs is 1. The molecule has 0 aliphatic carbocycles. The highest BCUT2D eigenvalue weighted by Crippen LogP contribution is 2.30. The lowest BCUT2D eigenvalue weighted by atomic mass is 10.1. The highest BCUT2D eigenvalue weighted by molar-refractivity contribution is 9.09. The molecule has 3 nitrogen and oxygen atoms in total. The summed E-state index contributed by atoms with van der Waals surface area (Å²) in [6.07, 6.45) is 1.82. The molecule has 2 rings (SSSR count). The largest absolute Gasteiger partial charge is 0.496 e. The lowest BCUT2D eigenvalue weighted by Crippen LogP contribution is -2.20. The Morgan fingerprint density at radius 1 is 1.29 bits per heavy atom. The Labute approximate surface area is 110 Å². The minimum absolute atomic E-state index is 0.887. The van der Waals surface area contributed by atoms with Gasteiger partial charge < -0.3 is 9.64 Å². The first-order valence-corrected chi connectivity index (χ1v) is 6.59. The molecule has 1 heterocycles. The normalized spacial score (nSPS) is 10.5. The maximum atomic E-state index is 5.37. The average molecular weight is 295 g/mol. The minimum Gasteiger partial charge on any atom is -0.496 e. The van der Waals surface area contributed by atoms with Gasteiger partial charge in [-0.25, -0.2) is 4.98 Å². The van der Waals surface area contributed by atoms with Crippen LogP contribution < -0.4 is 9.64 Å². The molecule has 0 fully saturated rings. The first-order valence-electron chi connectivity index (χ1n) is 5.46. The molecule has 0 spiro atoms. The highest BCUT2D eigenvalue weighted by Gasteiger charge is 2.09. The maximum absolute atomic E-state index is 5.37. The van der Waals surface area contributed by atoms with Crippen molar-refractivity contribution in [1.82, 2.24) is 4.98 Å². The molecule has 4 heteroatoms. The Bertz CT molecular complexity index is 516. The van der Waals surface area contributed by atoms with E-state index in [-0.39, 0.29) is 0 Å². The van der Waals surface area contributed by atoms with Gasteiger partial charge in [0.1, 0.15) is 11.6 Å². The van der Waals surface area contributed by atoms with E-state index < -0.39 is 0 Å². The molecule has 0 bridgehead atoms. The van der Waals surface area contributed by atoms with Gasteiger partial charge in [-0.05, 0) is 12.1 Å². The fourth-order valence-corrected chi connectivity index (χ4v) is 2.41. The van der Waals surface area contributed by atoms with Gasteiger partial charge in [0.15, 0.2) is 0 Å². The molecule has 0 saturated carbocycles. The lowest BCUT2D eigenvalue weighted by Gasteiger charge is -2.19. The fourth-order valence-electron chi connectivity index (χ4n) is 1.88. The van der Waals surface area contributed by atoms with Gasteiger partial charge in [0.2, 0.25) is 0 Å². The summed E-state index contributed by atoms with van der Waals surface area (Å²) in [5.74, 6) is 1.87. The smallest absolute Gasteiger partial charge is 0.136 e. The lowest BCUT2D eigenvalue weighted by molar-refractivity contribution is 0.420. The molecule has 1 aromatic carbocycles. The van der Waals surface area contributed by atoms with Crippen molar-refractivity contribution in [3.05, 3.63) is 30.5 Å². The molecule has 0 aliphatic heterocycles. The van der Waals surface area contributed by atoms with Crippen LogP contribution in [-0.2, 0) is 0 Å². The molecule has 0 saturated heterocycles. The van der Waals surface area contributed by atoms with Gasteiger partial charge in [0, 0.05) is 35.9 Å². The molecule has 1 aromatic heterocycles. The first kappa shape index (κ1) is 12.2. The monoisotopic (exact) mass is 294 g/mol. The standard InChI is InChI=1S/C13H15BrN2O/c1-16(9-7-14)13-11-4-3-5-12(17-2)10(11)6-8-15-13/h3-6,8H,7,9H2,1-2H3. The third-order valence-corrected chi connectivity index (χ3v) is 3.10. The van der Waals surface area contributed by atoms with Crippen molar-refractivity contribution in [1.29, 1.82) is 0 Å². The number of nitrogens with zero attached hydrogens (tertiary/aromatic N) is 2. The quantitative estimate of drug-likeness (QED) is 0.811. The van der Waals surface area contributed by atoms with Crippen molar-refractivity contribution >= 4 is 32.5 Å². The molecule has 0 amide bonds. The Morgan fingerprint density at radius 2 is 2.12 bits per heavy atom. The molecule has 90 valence electrons. The second-order valence-electron chi connectivity index (χ2n) is 3.80. The Morgan fingerprint density at radius 3 is 2.82 bits per heavy atom. The number of hydrogen-bond acceptors (Lipinski definition) is 3. The van der Waals surface area contributed by atoms with Gasteiger partial charge >= 0.3 is 0 Å². The molecule has 0 radical (unpaired) electrons. The van der Waals surface area contributed by atoms with Gasteiger partial charge in [0.25, 0.3) is 0 Å². The Hall–Kier alpha value is -1.29.